The number of sulfonamides is 1. The summed E-state index contributed by atoms with van der Waals surface area (Å²) < 4.78 is 26.9. The SMILES string of the molecule is CCNCc1cc(S(=O)(=O)N(C)C(C)C2CC2)ccc1Cl. The van der Waals surface area contributed by atoms with Crippen molar-refractivity contribution >= 4 is 21.6 Å². The first-order valence-electron chi connectivity index (χ1n) is 7.35. The van der Waals surface area contributed by atoms with Crippen LogP contribution >= 0.6 is 11.6 Å². The number of hydrogen-bond acceptors (Lipinski definition) is 3. The zero-order chi connectivity index (χ0) is 15.6. The van der Waals surface area contributed by atoms with Crippen molar-refractivity contribution < 1.29 is 8.42 Å². The van der Waals surface area contributed by atoms with Gasteiger partial charge in [-0.05, 0) is 56.0 Å². The van der Waals surface area contributed by atoms with Crippen molar-refractivity contribution in [2.45, 2.75) is 44.2 Å². The van der Waals surface area contributed by atoms with E-state index in [9.17, 15) is 8.42 Å². The van der Waals surface area contributed by atoms with Gasteiger partial charge in [-0.25, -0.2) is 8.42 Å². The summed E-state index contributed by atoms with van der Waals surface area (Å²) in [6, 6.07) is 4.97. The average molecular weight is 331 g/mol. The molecule has 1 aliphatic rings. The predicted molar refractivity (Wildman–Crippen MR) is 86.0 cm³/mol. The Kier molecular flexibility index (Phi) is 5.30. The summed E-state index contributed by atoms with van der Waals surface area (Å²) in [4.78, 5) is 0.315. The first-order chi connectivity index (χ1) is 9.87. The molecule has 6 heteroatoms. The van der Waals surface area contributed by atoms with Crippen LogP contribution in [0.25, 0.3) is 0 Å². The van der Waals surface area contributed by atoms with Gasteiger partial charge in [0.15, 0.2) is 0 Å². The fraction of sp³-hybridized carbons (Fsp3) is 0.600. The van der Waals surface area contributed by atoms with Crippen LogP contribution in [0.5, 0.6) is 0 Å². The van der Waals surface area contributed by atoms with Crippen molar-refractivity contribution in [3.63, 3.8) is 0 Å². The Morgan fingerprint density at radius 2 is 2.10 bits per heavy atom. The van der Waals surface area contributed by atoms with Crippen LogP contribution in [0.1, 0.15) is 32.3 Å². The van der Waals surface area contributed by atoms with E-state index in [1.807, 2.05) is 13.8 Å². The molecule has 1 aromatic rings. The molecule has 0 radical (unpaired) electrons. The van der Waals surface area contributed by atoms with Gasteiger partial charge in [0.05, 0.1) is 4.90 Å². The molecule has 0 bridgehead atoms. The Hall–Kier alpha value is -0.620. The van der Waals surface area contributed by atoms with Gasteiger partial charge in [0, 0.05) is 24.7 Å². The van der Waals surface area contributed by atoms with Crippen molar-refractivity contribution in [2.75, 3.05) is 13.6 Å². The van der Waals surface area contributed by atoms with Crippen LogP contribution in [-0.2, 0) is 16.6 Å². The minimum atomic E-state index is -3.46. The second kappa shape index (κ2) is 6.65. The van der Waals surface area contributed by atoms with E-state index in [0.29, 0.717) is 22.4 Å². The fourth-order valence-corrected chi connectivity index (χ4v) is 4.03. The highest BCUT2D eigenvalue weighted by atomic mass is 35.5. The molecule has 1 fully saturated rings. The third-order valence-electron chi connectivity index (χ3n) is 4.14. The normalized spacial score (nSPS) is 17.2. The van der Waals surface area contributed by atoms with Crippen LogP contribution in [-0.4, -0.2) is 32.4 Å². The van der Waals surface area contributed by atoms with Crippen molar-refractivity contribution in [1.29, 1.82) is 0 Å². The summed E-state index contributed by atoms with van der Waals surface area (Å²) in [5, 5.41) is 3.76. The molecule has 2 rings (SSSR count). The number of hydrogen-bond donors (Lipinski definition) is 1. The Morgan fingerprint density at radius 3 is 2.67 bits per heavy atom. The van der Waals surface area contributed by atoms with Gasteiger partial charge in [0.2, 0.25) is 10.0 Å². The Bertz CT molecular complexity index is 600. The van der Waals surface area contributed by atoms with E-state index in [2.05, 4.69) is 5.32 Å². The smallest absolute Gasteiger partial charge is 0.243 e. The second-order valence-corrected chi connectivity index (χ2v) is 8.04. The van der Waals surface area contributed by atoms with Gasteiger partial charge in [-0.1, -0.05) is 18.5 Å². The highest BCUT2D eigenvalue weighted by molar-refractivity contribution is 7.89. The zero-order valence-corrected chi connectivity index (χ0v) is 14.3. The third kappa shape index (κ3) is 3.77. The zero-order valence-electron chi connectivity index (χ0n) is 12.8. The lowest BCUT2D eigenvalue weighted by atomic mass is 10.2. The van der Waals surface area contributed by atoms with Crippen molar-refractivity contribution in [1.82, 2.24) is 9.62 Å². The average Bonchev–Trinajstić information content (AvgIpc) is 3.29. The maximum atomic E-state index is 12.7. The standard InChI is InChI=1S/C15H23ClN2O2S/c1-4-17-10-13-9-14(7-8-15(13)16)21(19,20)18(3)11(2)12-5-6-12/h7-9,11-12,17H,4-6,10H2,1-3H3. The molecule has 1 aliphatic carbocycles. The number of nitrogens with one attached hydrogen (secondary N) is 1. The molecule has 0 aromatic heterocycles. The first kappa shape index (κ1) is 16.7. The van der Waals surface area contributed by atoms with Crippen LogP contribution in [0.2, 0.25) is 5.02 Å². The molecular formula is C15H23ClN2O2S. The monoisotopic (exact) mass is 330 g/mol. The lowest BCUT2D eigenvalue weighted by Crippen LogP contribution is -2.36. The van der Waals surface area contributed by atoms with E-state index in [0.717, 1.165) is 24.9 Å². The van der Waals surface area contributed by atoms with E-state index in [1.165, 1.54) is 4.31 Å². The number of nitrogens with zero attached hydrogens (tertiary/aromatic N) is 1. The molecule has 1 atom stereocenters. The van der Waals surface area contributed by atoms with Crippen LogP contribution in [0.4, 0.5) is 0 Å². The first-order valence-corrected chi connectivity index (χ1v) is 9.17. The number of halogens is 1. The van der Waals surface area contributed by atoms with E-state index < -0.39 is 10.0 Å². The summed E-state index contributed by atoms with van der Waals surface area (Å²) in [7, 11) is -1.80. The van der Waals surface area contributed by atoms with Gasteiger partial charge >= 0.3 is 0 Å². The fourth-order valence-electron chi connectivity index (χ4n) is 2.37. The van der Waals surface area contributed by atoms with Crippen LogP contribution in [0.15, 0.2) is 23.1 Å². The van der Waals surface area contributed by atoms with Gasteiger partial charge in [0.1, 0.15) is 0 Å². The second-order valence-electron chi connectivity index (χ2n) is 5.63. The minimum Gasteiger partial charge on any atom is -0.313 e. The molecule has 0 amide bonds. The van der Waals surface area contributed by atoms with Crippen molar-refractivity contribution in [2.24, 2.45) is 5.92 Å². The molecule has 4 nitrogen and oxygen atoms in total. The van der Waals surface area contributed by atoms with E-state index in [1.54, 1.807) is 25.2 Å². The topological polar surface area (TPSA) is 49.4 Å². The van der Waals surface area contributed by atoms with Gasteiger partial charge in [0.25, 0.3) is 0 Å². The van der Waals surface area contributed by atoms with E-state index in [-0.39, 0.29) is 6.04 Å². The van der Waals surface area contributed by atoms with Crippen LogP contribution < -0.4 is 5.32 Å². The molecule has 0 saturated heterocycles. The molecule has 0 aliphatic heterocycles. The van der Waals surface area contributed by atoms with Crippen LogP contribution in [0.3, 0.4) is 0 Å². The van der Waals surface area contributed by atoms with Gasteiger partial charge in [-0.3, -0.25) is 0 Å². The molecule has 0 spiro atoms. The molecule has 1 aromatic carbocycles. The molecule has 118 valence electrons. The molecule has 1 unspecified atom stereocenters. The quantitative estimate of drug-likeness (QED) is 0.836. The molecule has 0 heterocycles. The summed E-state index contributed by atoms with van der Waals surface area (Å²) in [6.07, 6.45) is 2.24. The summed E-state index contributed by atoms with van der Waals surface area (Å²) in [6.45, 7) is 5.36. The van der Waals surface area contributed by atoms with Crippen molar-refractivity contribution in [3.05, 3.63) is 28.8 Å². The van der Waals surface area contributed by atoms with Crippen molar-refractivity contribution in [3.8, 4) is 0 Å². The molecule has 1 saturated carbocycles. The predicted octanol–water partition coefficient (Wildman–Crippen LogP) is 2.87. The number of benzene rings is 1. The summed E-state index contributed by atoms with van der Waals surface area (Å²) >= 11 is 6.14. The van der Waals surface area contributed by atoms with Crippen LogP contribution in [0, 0.1) is 5.92 Å². The Labute approximate surface area is 132 Å². The highest BCUT2D eigenvalue weighted by Crippen LogP contribution is 2.36. The van der Waals surface area contributed by atoms with E-state index >= 15 is 0 Å². The third-order valence-corrected chi connectivity index (χ3v) is 6.45. The Morgan fingerprint density at radius 1 is 1.43 bits per heavy atom. The summed E-state index contributed by atoms with van der Waals surface area (Å²) in [5.41, 5.74) is 0.812. The molecule has 21 heavy (non-hydrogen) atoms. The largest absolute Gasteiger partial charge is 0.313 e. The molecular weight excluding hydrogens is 308 g/mol. The lowest BCUT2D eigenvalue weighted by Gasteiger charge is -2.24. The van der Waals surface area contributed by atoms with E-state index in [4.69, 9.17) is 11.6 Å². The van der Waals surface area contributed by atoms with Gasteiger partial charge < -0.3 is 5.32 Å². The van der Waals surface area contributed by atoms with Gasteiger partial charge in [-0.15, -0.1) is 0 Å². The maximum absolute atomic E-state index is 12.7. The lowest BCUT2D eigenvalue weighted by molar-refractivity contribution is 0.357. The summed E-state index contributed by atoms with van der Waals surface area (Å²) in [5.74, 6) is 0.498. The van der Waals surface area contributed by atoms with Gasteiger partial charge in [-0.2, -0.15) is 4.31 Å². The minimum absolute atomic E-state index is 0.0443. The molecule has 1 N–H and O–H groups in total. The maximum Gasteiger partial charge on any atom is 0.243 e. The highest BCUT2D eigenvalue weighted by Gasteiger charge is 2.36. The Balaban J connectivity index is 2.26. The number of rotatable bonds is 7.